The Morgan fingerprint density at radius 1 is 1.69 bits per heavy atom. The maximum absolute atomic E-state index is 10.7. The molecule has 0 aliphatic rings. The average molecular weight is 263 g/mol. The SMILES string of the molecule is C[n+]1cc(O)ccc1/C=N/NC(=O)SN.[Cl-]. The molecule has 1 aromatic rings. The van der Waals surface area contributed by atoms with E-state index in [-0.39, 0.29) is 18.2 Å². The minimum atomic E-state index is -0.437. The minimum absolute atomic E-state index is 0. The second kappa shape index (κ2) is 7.04. The second-order valence-electron chi connectivity index (χ2n) is 2.70. The fourth-order valence-electron chi connectivity index (χ4n) is 0.916. The topological polar surface area (TPSA) is 91.6 Å². The van der Waals surface area contributed by atoms with Crippen molar-refractivity contribution in [1.82, 2.24) is 5.43 Å². The number of halogens is 1. The van der Waals surface area contributed by atoms with Gasteiger partial charge in [0.1, 0.15) is 13.3 Å². The van der Waals surface area contributed by atoms with Gasteiger partial charge in [0.2, 0.25) is 11.9 Å². The summed E-state index contributed by atoms with van der Waals surface area (Å²) in [6.07, 6.45) is 2.98. The lowest BCUT2D eigenvalue weighted by Gasteiger charge is -1.95. The highest BCUT2D eigenvalue weighted by Crippen LogP contribution is 2.02. The van der Waals surface area contributed by atoms with Crippen LogP contribution in [0.25, 0.3) is 0 Å². The van der Waals surface area contributed by atoms with E-state index in [4.69, 9.17) is 10.2 Å². The number of nitrogens with zero attached hydrogens (tertiary/aromatic N) is 2. The molecule has 1 aromatic heterocycles. The Kier molecular flexibility index (Phi) is 6.47. The van der Waals surface area contributed by atoms with E-state index >= 15 is 0 Å². The first kappa shape index (κ1) is 14.7. The summed E-state index contributed by atoms with van der Waals surface area (Å²) in [6.45, 7) is 0. The predicted molar refractivity (Wildman–Crippen MR) is 57.2 cm³/mol. The van der Waals surface area contributed by atoms with Crippen LogP contribution >= 0.6 is 11.9 Å². The van der Waals surface area contributed by atoms with Crippen LogP contribution in [0.4, 0.5) is 4.79 Å². The smallest absolute Gasteiger partial charge is 0.313 e. The van der Waals surface area contributed by atoms with Gasteiger partial charge in [0.25, 0.3) is 0 Å². The summed E-state index contributed by atoms with van der Waals surface area (Å²) in [5.74, 6) is 0.163. The molecule has 1 amide bonds. The number of carbonyl (C=O) groups excluding carboxylic acids is 1. The third kappa shape index (κ3) is 4.47. The molecule has 0 radical (unpaired) electrons. The molecule has 8 heteroatoms. The molecule has 6 nitrogen and oxygen atoms in total. The van der Waals surface area contributed by atoms with Crippen LogP contribution in [-0.4, -0.2) is 16.6 Å². The summed E-state index contributed by atoms with van der Waals surface area (Å²) in [6, 6.07) is 3.20. The van der Waals surface area contributed by atoms with E-state index in [1.807, 2.05) is 0 Å². The molecule has 16 heavy (non-hydrogen) atoms. The molecule has 0 aliphatic carbocycles. The van der Waals surface area contributed by atoms with Gasteiger partial charge in [-0.05, 0) is 6.07 Å². The van der Waals surface area contributed by atoms with Crippen molar-refractivity contribution in [2.75, 3.05) is 0 Å². The van der Waals surface area contributed by atoms with Crippen molar-refractivity contribution in [1.29, 1.82) is 0 Å². The van der Waals surface area contributed by atoms with Crippen LogP contribution in [0, 0.1) is 0 Å². The number of aromatic nitrogens is 1. The fraction of sp³-hybridized carbons (Fsp3) is 0.125. The Morgan fingerprint density at radius 2 is 2.38 bits per heavy atom. The summed E-state index contributed by atoms with van der Waals surface area (Å²) in [5.41, 5.74) is 2.95. The van der Waals surface area contributed by atoms with Gasteiger partial charge in [-0.3, -0.25) is 9.93 Å². The van der Waals surface area contributed by atoms with Gasteiger partial charge in [-0.15, -0.1) is 0 Å². The zero-order chi connectivity index (χ0) is 11.3. The molecule has 0 unspecified atom stereocenters. The average Bonchev–Trinajstić information content (AvgIpc) is 2.21. The molecule has 1 rings (SSSR count). The Hall–Kier alpha value is -1.31. The molecular weight excluding hydrogens is 252 g/mol. The number of hydrazone groups is 1. The molecule has 0 atom stereocenters. The van der Waals surface area contributed by atoms with Gasteiger partial charge in [0.05, 0.1) is 0 Å². The van der Waals surface area contributed by atoms with Crippen LogP contribution in [0.15, 0.2) is 23.4 Å². The standard InChI is InChI=1S/C8H10N4O2S.ClH/c1-12-5-7(13)3-2-6(12)4-10-11-8(14)15-9;/h2-5,13H,9H2,1H3;1H. The van der Waals surface area contributed by atoms with E-state index < -0.39 is 5.24 Å². The molecule has 0 aliphatic heterocycles. The van der Waals surface area contributed by atoms with Crippen molar-refractivity contribution in [3.8, 4) is 5.75 Å². The minimum Gasteiger partial charge on any atom is -1.00 e. The van der Waals surface area contributed by atoms with Gasteiger partial charge in [-0.25, -0.2) is 5.43 Å². The molecule has 0 saturated heterocycles. The van der Waals surface area contributed by atoms with Gasteiger partial charge < -0.3 is 17.5 Å². The first-order valence-corrected chi connectivity index (χ1v) is 4.90. The molecule has 0 bridgehead atoms. The van der Waals surface area contributed by atoms with Crippen LogP contribution in [-0.2, 0) is 7.05 Å². The molecule has 1 heterocycles. The molecule has 4 N–H and O–H groups in total. The molecule has 0 saturated carbocycles. The van der Waals surface area contributed by atoms with Crippen LogP contribution in [0.3, 0.4) is 0 Å². The van der Waals surface area contributed by atoms with Crippen LogP contribution in [0.2, 0.25) is 0 Å². The quantitative estimate of drug-likeness (QED) is 0.228. The number of aromatic hydroxyl groups is 1. The normalized spacial score (nSPS) is 9.88. The number of amides is 1. The largest absolute Gasteiger partial charge is 1.00 e. The van der Waals surface area contributed by atoms with Crippen molar-refractivity contribution >= 4 is 23.4 Å². The van der Waals surface area contributed by atoms with Gasteiger partial charge in [0, 0.05) is 18.0 Å². The van der Waals surface area contributed by atoms with Crippen molar-refractivity contribution in [2.45, 2.75) is 0 Å². The highest BCUT2D eigenvalue weighted by atomic mass is 35.5. The maximum atomic E-state index is 10.7. The lowest BCUT2D eigenvalue weighted by atomic mass is 10.3. The van der Waals surface area contributed by atoms with Crippen molar-refractivity contribution in [2.24, 2.45) is 17.3 Å². The van der Waals surface area contributed by atoms with Gasteiger partial charge in [-0.1, -0.05) is 0 Å². The van der Waals surface area contributed by atoms with Crippen molar-refractivity contribution < 1.29 is 26.9 Å². The lowest BCUT2D eigenvalue weighted by molar-refractivity contribution is -0.672. The first-order chi connectivity index (χ1) is 7.13. The molecule has 0 spiro atoms. The molecular formula is C8H11ClN4O2S. The highest BCUT2D eigenvalue weighted by molar-refractivity contribution is 8.11. The Bertz CT molecular complexity index is 400. The number of aryl methyl sites for hydroxylation is 1. The zero-order valence-electron chi connectivity index (χ0n) is 8.42. The number of rotatable bonds is 2. The number of hydrogen-bond acceptors (Lipinski definition) is 5. The van der Waals surface area contributed by atoms with Gasteiger partial charge in [-0.2, -0.15) is 9.67 Å². The van der Waals surface area contributed by atoms with E-state index in [2.05, 4.69) is 10.5 Å². The van der Waals surface area contributed by atoms with E-state index in [0.29, 0.717) is 11.9 Å². The van der Waals surface area contributed by atoms with E-state index in [0.717, 1.165) is 5.69 Å². The number of nitrogens with two attached hydrogens (primary N) is 1. The summed E-state index contributed by atoms with van der Waals surface area (Å²) in [7, 11) is 1.75. The summed E-state index contributed by atoms with van der Waals surface area (Å²) in [5, 5.41) is 17.4. The van der Waals surface area contributed by atoms with Crippen LogP contribution in [0.1, 0.15) is 5.69 Å². The predicted octanol–water partition coefficient (Wildman–Crippen LogP) is -3.13. The van der Waals surface area contributed by atoms with Gasteiger partial charge in [0.15, 0.2) is 5.75 Å². The number of nitrogens with one attached hydrogen (secondary N) is 1. The lowest BCUT2D eigenvalue weighted by Crippen LogP contribution is -3.00. The van der Waals surface area contributed by atoms with Crippen LogP contribution in [0.5, 0.6) is 5.75 Å². The van der Waals surface area contributed by atoms with Crippen molar-refractivity contribution in [3.05, 3.63) is 24.0 Å². The Morgan fingerprint density at radius 3 is 2.94 bits per heavy atom. The number of pyridine rings is 1. The van der Waals surface area contributed by atoms with E-state index in [9.17, 15) is 4.79 Å². The third-order valence-corrected chi connectivity index (χ3v) is 1.92. The maximum Gasteiger partial charge on any atom is 0.313 e. The Balaban J connectivity index is 0.00000225. The fourth-order valence-corrected chi connectivity index (χ4v) is 1.02. The Labute approximate surface area is 103 Å². The van der Waals surface area contributed by atoms with Crippen molar-refractivity contribution in [3.63, 3.8) is 0 Å². The number of carbonyl (C=O) groups is 1. The molecule has 0 aromatic carbocycles. The first-order valence-electron chi connectivity index (χ1n) is 4.02. The summed E-state index contributed by atoms with van der Waals surface area (Å²) < 4.78 is 1.67. The zero-order valence-corrected chi connectivity index (χ0v) is 10.00. The summed E-state index contributed by atoms with van der Waals surface area (Å²) >= 11 is 0.556. The van der Waals surface area contributed by atoms with Crippen LogP contribution < -0.4 is 27.5 Å². The number of hydrogen-bond donors (Lipinski definition) is 3. The monoisotopic (exact) mass is 262 g/mol. The second-order valence-corrected chi connectivity index (χ2v) is 3.30. The third-order valence-electron chi connectivity index (χ3n) is 1.62. The van der Waals surface area contributed by atoms with E-state index in [1.165, 1.54) is 18.5 Å². The molecule has 0 fully saturated rings. The molecule has 88 valence electrons. The highest BCUT2D eigenvalue weighted by Gasteiger charge is 2.04. The summed E-state index contributed by atoms with van der Waals surface area (Å²) in [4.78, 5) is 10.7. The van der Waals surface area contributed by atoms with E-state index in [1.54, 1.807) is 17.7 Å². The van der Waals surface area contributed by atoms with Gasteiger partial charge >= 0.3 is 5.24 Å².